The maximum atomic E-state index is 12.7. The van der Waals surface area contributed by atoms with Crippen LogP contribution in [0.2, 0.25) is 0 Å². The summed E-state index contributed by atoms with van der Waals surface area (Å²) >= 11 is 0. The van der Waals surface area contributed by atoms with Crippen molar-refractivity contribution >= 4 is 21.6 Å². The number of benzene rings is 3. The molecule has 0 aliphatic heterocycles. The second-order valence-corrected chi connectivity index (χ2v) is 8.65. The van der Waals surface area contributed by atoms with E-state index in [1.165, 1.54) is 11.4 Å². The van der Waals surface area contributed by atoms with Gasteiger partial charge >= 0.3 is 0 Å². The number of nitrogens with zero attached hydrogens (tertiary/aromatic N) is 1. The Labute approximate surface area is 172 Å². The summed E-state index contributed by atoms with van der Waals surface area (Å²) in [4.78, 5) is 12.9. The molecule has 150 valence electrons. The van der Waals surface area contributed by atoms with E-state index in [-0.39, 0.29) is 16.8 Å². The number of carbonyl (C=O) groups is 1. The van der Waals surface area contributed by atoms with Crippen LogP contribution in [-0.2, 0) is 10.0 Å². The number of carbonyl (C=O) groups excluding carboxylic acids is 1. The van der Waals surface area contributed by atoms with Crippen LogP contribution in [0.3, 0.4) is 0 Å². The topological polar surface area (TPSA) is 66.5 Å². The number of amides is 1. The van der Waals surface area contributed by atoms with Gasteiger partial charge in [0, 0.05) is 12.6 Å². The third-order valence-corrected chi connectivity index (χ3v) is 6.61. The summed E-state index contributed by atoms with van der Waals surface area (Å²) < 4.78 is 26.7. The third kappa shape index (κ3) is 4.66. The monoisotopic (exact) mass is 408 g/mol. The van der Waals surface area contributed by atoms with Gasteiger partial charge in [0.1, 0.15) is 0 Å². The van der Waals surface area contributed by atoms with Crippen molar-refractivity contribution in [1.29, 1.82) is 0 Å². The van der Waals surface area contributed by atoms with Crippen LogP contribution in [0.25, 0.3) is 0 Å². The predicted molar refractivity (Wildman–Crippen MR) is 115 cm³/mol. The molecule has 5 nitrogen and oxygen atoms in total. The molecule has 1 atom stereocenters. The van der Waals surface area contributed by atoms with Gasteiger partial charge in [-0.3, -0.25) is 9.10 Å². The number of nitrogens with one attached hydrogen (secondary N) is 1. The van der Waals surface area contributed by atoms with Crippen molar-refractivity contribution in [2.24, 2.45) is 0 Å². The number of rotatable bonds is 7. The van der Waals surface area contributed by atoms with Gasteiger partial charge in [-0.15, -0.1) is 0 Å². The molecular formula is C23H24N2O3S. The lowest BCUT2D eigenvalue weighted by Gasteiger charge is -2.20. The van der Waals surface area contributed by atoms with Crippen molar-refractivity contribution < 1.29 is 13.2 Å². The molecule has 0 fully saturated rings. The van der Waals surface area contributed by atoms with Crippen LogP contribution >= 0.6 is 0 Å². The fourth-order valence-corrected chi connectivity index (χ4v) is 4.28. The first-order valence-corrected chi connectivity index (χ1v) is 10.9. The molecule has 0 aliphatic carbocycles. The van der Waals surface area contributed by atoms with Crippen LogP contribution in [0.15, 0.2) is 89.8 Å². The van der Waals surface area contributed by atoms with Gasteiger partial charge in [-0.25, -0.2) is 8.42 Å². The highest BCUT2D eigenvalue weighted by atomic mass is 32.2. The first-order valence-electron chi connectivity index (χ1n) is 9.43. The molecule has 0 radical (unpaired) electrons. The molecule has 6 heteroatoms. The van der Waals surface area contributed by atoms with E-state index in [2.05, 4.69) is 5.32 Å². The fourth-order valence-electron chi connectivity index (χ4n) is 3.06. The van der Waals surface area contributed by atoms with Crippen LogP contribution in [0.1, 0.15) is 35.3 Å². The fraction of sp³-hybridized carbons (Fsp3) is 0.174. The molecule has 0 spiro atoms. The van der Waals surface area contributed by atoms with Crippen molar-refractivity contribution in [2.45, 2.75) is 24.3 Å². The molecule has 3 aromatic rings. The van der Waals surface area contributed by atoms with E-state index in [0.717, 1.165) is 12.0 Å². The Balaban J connectivity index is 1.75. The van der Waals surface area contributed by atoms with E-state index < -0.39 is 10.0 Å². The summed E-state index contributed by atoms with van der Waals surface area (Å²) in [5, 5.41) is 3.03. The average molecular weight is 409 g/mol. The number of sulfonamides is 1. The normalized spacial score (nSPS) is 12.2. The molecule has 29 heavy (non-hydrogen) atoms. The lowest BCUT2D eigenvalue weighted by Crippen LogP contribution is -2.28. The first-order chi connectivity index (χ1) is 13.9. The van der Waals surface area contributed by atoms with E-state index >= 15 is 0 Å². The van der Waals surface area contributed by atoms with Gasteiger partial charge in [0.15, 0.2) is 0 Å². The van der Waals surface area contributed by atoms with Gasteiger partial charge in [-0.2, -0.15) is 0 Å². The molecule has 1 N–H and O–H groups in total. The quantitative estimate of drug-likeness (QED) is 0.630. The Morgan fingerprint density at radius 2 is 1.45 bits per heavy atom. The van der Waals surface area contributed by atoms with Crippen LogP contribution < -0.4 is 9.62 Å². The van der Waals surface area contributed by atoms with E-state index in [1.807, 2.05) is 37.3 Å². The molecule has 1 amide bonds. The maximum absolute atomic E-state index is 12.7. The second kappa shape index (κ2) is 8.92. The smallest absolute Gasteiger partial charge is 0.264 e. The molecule has 0 heterocycles. The van der Waals surface area contributed by atoms with Crippen LogP contribution in [-0.4, -0.2) is 21.4 Å². The number of hydrogen-bond acceptors (Lipinski definition) is 3. The Morgan fingerprint density at radius 3 is 2.00 bits per heavy atom. The van der Waals surface area contributed by atoms with Crippen LogP contribution in [0, 0.1) is 0 Å². The molecule has 0 bridgehead atoms. The lowest BCUT2D eigenvalue weighted by molar-refractivity contribution is 0.0935. The first kappa shape index (κ1) is 20.6. The van der Waals surface area contributed by atoms with Gasteiger partial charge in [0.05, 0.1) is 16.6 Å². The Morgan fingerprint density at radius 1 is 0.897 bits per heavy atom. The minimum Gasteiger partial charge on any atom is -0.345 e. The summed E-state index contributed by atoms with van der Waals surface area (Å²) in [6.07, 6.45) is 0.770. The van der Waals surface area contributed by atoms with E-state index in [1.54, 1.807) is 54.6 Å². The van der Waals surface area contributed by atoms with Crippen LogP contribution in [0.5, 0.6) is 0 Å². The third-order valence-electron chi connectivity index (χ3n) is 4.81. The Hall–Kier alpha value is -3.12. The Bertz CT molecular complexity index is 1050. The molecule has 0 aromatic heterocycles. The second-order valence-electron chi connectivity index (χ2n) is 6.68. The Kier molecular flexibility index (Phi) is 6.34. The molecule has 3 rings (SSSR count). The zero-order valence-corrected chi connectivity index (χ0v) is 17.3. The highest BCUT2D eigenvalue weighted by molar-refractivity contribution is 7.92. The van der Waals surface area contributed by atoms with Gasteiger partial charge in [0.2, 0.25) is 0 Å². The van der Waals surface area contributed by atoms with Gasteiger partial charge in [-0.1, -0.05) is 55.5 Å². The SMILES string of the molecule is CC[C@H](NC(=O)c1ccc(N(C)S(=O)(=O)c2ccccc2)cc1)c1ccccc1. The molecule has 0 saturated heterocycles. The molecular weight excluding hydrogens is 384 g/mol. The minimum atomic E-state index is -3.65. The summed E-state index contributed by atoms with van der Waals surface area (Å²) in [5.74, 6) is -0.194. The molecule has 0 aliphatic rings. The van der Waals surface area contributed by atoms with E-state index in [0.29, 0.717) is 11.3 Å². The highest BCUT2D eigenvalue weighted by Gasteiger charge is 2.21. The minimum absolute atomic E-state index is 0.0792. The zero-order chi connectivity index (χ0) is 20.9. The van der Waals surface area contributed by atoms with Crippen molar-refractivity contribution in [1.82, 2.24) is 5.32 Å². The summed E-state index contributed by atoms with van der Waals surface area (Å²) in [6, 6.07) is 24.5. The number of hydrogen-bond donors (Lipinski definition) is 1. The predicted octanol–water partition coefficient (Wildman–Crippen LogP) is 4.39. The van der Waals surface area contributed by atoms with Crippen molar-refractivity contribution in [3.8, 4) is 0 Å². The van der Waals surface area contributed by atoms with Gasteiger partial charge in [-0.05, 0) is 48.4 Å². The van der Waals surface area contributed by atoms with Gasteiger partial charge < -0.3 is 5.32 Å². The lowest BCUT2D eigenvalue weighted by atomic mass is 10.0. The largest absolute Gasteiger partial charge is 0.345 e. The highest BCUT2D eigenvalue weighted by Crippen LogP contribution is 2.23. The van der Waals surface area contributed by atoms with E-state index in [4.69, 9.17) is 0 Å². The summed E-state index contributed by atoms with van der Waals surface area (Å²) in [5.41, 5.74) is 2.02. The molecule has 0 saturated carbocycles. The van der Waals surface area contributed by atoms with E-state index in [9.17, 15) is 13.2 Å². The van der Waals surface area contributed by atoms with Crippen LogP contribution in [0.4, 0.5) is 5.69 Å². The van der Waals surface area contributed by atoms with Gasteiger partial charge in [0.25, 0.3) is 15.9 Å². The summed E-state index contributed by atoms with van der Waals surface area (Å²) in [6.45, 7) is 2.02. The van der Waals surface area contributed by atoms with Crippen molar-refractivity contribution in [3.05, 3.63) is 96.1 Å². The standard InChI is InChI=1S/C23H24N2O3S/c1-3-22(18-10-6-4-7-11-18)24-23(26)19-14-16-20(17-15-19)25(2)29(27,28)21-12-8-5-9-13-21/h4-17,22H,3H2,1-2H3,(H,24,26)/t22-/m0/s1. The molecule has 3 aromatic carbocycles. The van der Waals surface area contributed by atoms with Crippen molar-refractivity contribution in [3.63, 3.8) is 0 Å². The zero-order valence-electron chi connectivity index (χ0n) is 16.4. The average Bonchev–Trinajstić information content (AvgIpc) is 2.78. The van der Waals surface area contributed by atoms with Crippen molar-refractivity contribution in [2.75, 3.05) is 11.4 Å². The maximum Gasteiger partial charge on any atom is 0.264 e. The molecule has 0 unspecified atom stereocenters. The summed E-state index contributed by atoms with van der Waals surface area (Å²) in [7, 11) is -2.15. The number of anilines is 1.